The van der Waals surface area contributed by atoms with E-state index in [2.05, 4.69) is 10.6 Å². The fourth-order valence-electron chi connectivity index (χ4n) is 2.36. The molecule has 0 radical (unpaired) electrons. The zero-order valence-electron chi connectivity index (χ0n) is 11.9. The van der Waals surface area contributed by atoms with Gasteiger partial charge in [-0.15, -0.1) is 0 Å². The van der Waals surface area contributed by atoms with Crippen molar-refractivity contribution in [3.63, 3.8) is 0 Å². The third kappa shape index (κ3) is 4.24. The summed E-state index contributed by atoms with van der Waals surface area (Å²) in [5.74, 6) is -0.423. The Morgan fingerprint density at radius 3 is 2.81 bits per heavy atom. The van der Waals surface area contributed by atoms with E-state index < -0.39 is 5.91 Å². The minimum Gasteiger partial charge on any atom is -0.387 e. The van der Waals surface area contributed by atoms with Crippen LogP contribution in [0.3, 0.4) is 0 Å². The monoisotopic (exact) mass is 303 g/mol. The van der Waals surface area contributed by atoms with Crippen LogP contribution < -0.4 is 10.6 Å². The molecule has 1 aromatic carbocycles. The highest BCUT2D eigenvalue weighted by Crippen LogP contribution is 2.21. The second-order valence-electron chi connectivity index (χ2n) is 5.23. The third-order valence-corrected chi connectivity index (χ3v) is 3.87. The first kappa shape index (κ1) is 15.4. The van der Waals surface area contributed by atoms with Crippen molar-refractivity contribution >= 4 is 23.2 Å². The number of halogens is 1. The smallest absolute Gasteiger partial charge is 0.267 e. The molecular weight excluding hydrogens is 286 g/mol. The number of amides is 1. The van der Waals surface area contributed by atoms with Gasteiger partial charge in [0.15, 0.2) is 0 Å². The Balaban J connectivity index is 2.04. The summed E-state index contributed by atoms with van der Waals surface area (Å²) < 4.78 is 0. The molecule has 1 aliphatic carbocycles. The van der Waals surface area contributed by atoms with Crippen molar-refractivity contribution < 1.29 is 4.79 Å². The number of hydrogen-bond acceptors (Lipinski definition) is 3. The lowest BCUT2D eigenvalue weighted by atomic mass is 10.2. The van der Waals surface area contributed by atoms with Crippen LogP contribution >= 0.6 is 11.6 Å². The van der Waals surface area contributed by atoms with Crippen molar-refractivity contribution in [3.05, 3.63) is 40.6 Å². The maximum Gasteiger partial charge on any atom is 0.267 e. The van der Waals surface area contributed by atoms with Crippen LogP contribution in [0.25, 0.3) is 0 Å². The maximum atomic E-state index is 12.1. The molecule has 5 heteroatoms. The van der Waals surface area contributed by atoms with E-state index in [-0.39, 0.29) is 5.57 Å². The first-order valence-corrected chi connectivity index (χ1v) is 7.42. The molecule has 1 aliphatic rings. The number of rotatable bonds is 4. The van der Waals surface area contributed by atoms with Crippen LogP contribution in [0.5, 0.6) is 0 Å². The Hall–Kier alpha value is -1.99. The number of carbonyl (C=O) groups excluding carboxylic acids is 1. The lowest BCUT2D eigenvalue weighted by Crippen LogP contribution is -2.23. The van der Waals surface area contributed by atoms with E-state index in [0.717, 1.165) is 18.4 Å². The lowest BCUT2D eigenvalue weighted by molar-refractivity contribution is -0.112. The summed E-state index contributed by atoms with van der Waals surface area (Å²) in [7, 11) is 0. The van der Waals surface area contributed by atoms with Crippen LogP contribution in [-0.2, 0) is 4.79 Å². The van der Waals surface area contributed by atoms with Crippen LogP contribution in [0.1, 0.15) is 31.2 Å². The Morgan fingerprint density at radius 1 is 1.43 bits per heavy atom. The number of anilines is 1. The number of nitrogens with one attached hydrogen (secondary N) is 2. The van der Waals surface area contributed by atoms with Gasteiger partial charge in [-0.25, -0.2) is 0 Å². The van der Waals surface area contributed by atoms with E-state index in [0.29, 0.717) is 16.8 Å². The van der Waals surface area contributed by atoms with Crippen molar-refractivity contribution in [2.24, 2.45) is 0 Å². The Morgan fingerprint density at radius 2 is 2.14 bits per heavy atom. The summed E-state index contributed by atoms with van der Waals surface area (Å²) in [4.78, 5) is 12.1. The van der Waals surface area contributed by atoms with E-state index in [1.807, 2.05) is 19.1 Å². The highest BCUT2D eigenvalue weighted by Gasteiger charge is 2.15. The number of benzene rings is 1. The zero-order chi connectivity index (χ0) is 15.2. The fraction of sp³-hybridized carbons (Fsp3) is 0.375. The largest absolute Gasteiger partial charge is 0.387 e. The molecule has 2 rings (SSSR count). The number of nitrogens with zero attached hydrogens (tertiary/aromatic N) is 1. The van der Waals surface area contributed by atoms with E-state index in [4.69, 9.17) is 16.9 Å². The van der Waals surface area contributed by atoms with E-state index in [1.165, 1.54) is 19.0 Å². The molecule has 0 bridgehead atoms. The van der Waals surface area contributed by atoms with Crippen LogP contribution in [0.4, 0.5) is 5.69 Å². The van der Waals surface area contributed by atoms with Gasteiger partial charge >= 0.3 is 0 Å². The molecule has 0 unspecified atom stereocenters. The van der Waals surface area contributed by atoms with Crippen molar-refractivity contribution in [2.45, 2.75) is 38.6 Å². The molecule has 1 fully saturated rings. The van der Waals surface area contributed by atoms with Crippen molar-refractivity contribution in [1.82, 2.24) is 5.32 Å². The summed E-state index contributed by atoms with van der Waals surface area (Å²) in [6.45, 7) is 1.87. The predicted molar refractivity (Wildman–Crippen MR) is 83.9 cm³/mol. The topological polar surface area (TPSA) is 64.9 Å². The molecule has 0 atom stereocenters. The molecule has 0 aromatic heterocycles. The molecule has 110 valence electrons. The minimum atomic E-state index is -0.423. The van der Waals surface area contributed by atoms with Gasteiger partial charge in [0.25, 0.3) is 5.91 Å². The van der Waals surface area contributed by atoms with Gasteiger partial charge in [0.2, 0.25) is 0 Å². The van der Waals surface area contributed by atoms with Gasteiger partial charge in [-0.3, -0.25) is 4.79 Å². The summed E-state index contributed by atoms with van der Waals surface area (Å²) in [5, 5.41) is 15.5. The average molecular weight is 304 g/mol. The fourth-order valence-corrected chi connectivity index (χ4v) is 2.53. The van der Waals surface area contributed by atoms with E-state index >= 15 is 0 Å². The molecule has 0 aliphatic heterocycles. The maximum absolute atomic E-state index is 12.1. The van der Waals surface area contributed by atoms with Gasteiger partial charge in [0.1, 0.15) is 11.6 Å². The Kier molecular flexibility index (Phi) is 5.24. The van der Waals surface area contributed by atoms with Gasteiger partial charge in [-0.1, -0.05) is 30.5 Å². The second-order valence-corrected chi connectivity index (χ2v) is 5.67. The molecule has 2 N–H and O–H groups in total. The van der Waals surface area contributed by atoms with Crippen LogP contribution in [-0.4, -0.2) is 11.9 Å². The molecule has 0 heterocycles. The molecular formula is C16H18ClN3O. The third-order valence-electron chi connectivity index (χ3n) is 3.63. The van der Waals surface area contributed by atoms with E-state index in [1.54, 1.807) is 12.1 Å². The number of nitriles is 1. The van der Waals surface area contributed by atoms with E-state index in [9.17, 15) is 4.79 Å². The predicted octanol–water partition coefficient (Wildman–Crippen LogP) is 3.53. The minimum absolute atomic E-state index is 0.0706. The molecule has 0 saturated heterocycles. The summed E-state index contributed by atoms with van der Waals surface area (Å²) >= 11 is 5.92. The first-order chi connectivity index (χ1) is 10.1. The molecule has 1 amide bonds. The van der Waals surface area contributed by atoms with Gasteiger partial charge in [0, 0.05) is 23.0 Å². The number of carbonyl (C=O) groups is 1. The highest BCUT2D eigenvalue weighted by atomic mass is 35.5. The quantitative estimate of drug-likeness (QED) is 0.660. The molecule has 1 aromatic rings. The van der Waals surface area contributed by atoms with Crippen LogP contribution in [0.15, 0.2) is 30.0 Å². The standard InChI is InChI=1S/C16H18ClN3O/c1-11-6-7-13(17)8-15(11)20-16(21)12(9-18)10-19-14-4-2-3-5-14/h6-8,10,14,19H,2-5H2,1H3,(H,20,21)/b12-10-. The summed E-state index contributed by atoms with van der Waals surface area (Å²) in [6.07, 6.45) is 6.09. The number of aryl methyl sites for hydroxylation is 1. The average Bonchev–Trinajstić information content (AvgIpc) is 2.97. The molecule has 0 spiro atoms. The molecule has 4 nitrogen and oxygen atoms in total. The molecule has 1 saturated carbocycles. The summed E-state index contributed by atoms with van der Waals surface area (Å²) in [6, 6.07) is 7.56. The van der Waals surface area contributed by atoms with Crippen molar-refractivity contribution in [3.8, 4) is 6.07 Å². The lowest BCUT2D eigenvalue weighted by Gasteiger charge is -2.11. The summed E-state index contributed by atoms with van der Waals surface area (Å²) in [5.41, 5.74) is 1.59. The van der Waals surface area contributed by atoms with Gasteiger partial charge in [-0.05, 0) is 37.5 Å². The van der Waals surface area contributed by atoms with Gasteiger partial charge in [-0.2, -0.15) is 5.26 Å². The SMILES string of the molecule is Cc1ccc(Cl)cc1NC(=O)/C(C#N)=C\NC1CCCC1. The normalized spacial score (nSPS) is 15.6. The van der Waals surface area contributed by atoms with Crippen LogP contribution in [0, 0.1) is 18.3 Å². The van der Waals surface area contributed by atoms with Crippen LogP contribution in [0.2, 0.25) is 5.02 Å². The number of hydrogen-bond donors (Lipinski definition) is 2. The Bertz CT molecular complexity index is 598. The Labute approximate surface area is 129 Å². The first-order valence-electron chi connectivity index (χ1n) is 7.04. The highest BCUT2D eigenvalue weighted by molar-refractivity contribution is 6.31. The molecule has 21 heavy (non-hydrogen) atoms. The van der Waals surface area contributed by atoms with Gasteiger partial charge < -0.3 is 10.6 Å². The van der Waals surface area contributed by atoms with Crippen molar-refractivity contribution in [1.29, 1.82) is 5.26 Å². The second kappa shape index (κ2) is 7.14. The zero-order valence-corrected chi connectivity index (χ0v) is 12.7. The van der Waals surface area contributed by atoms with Crippen molar-refractivity contribution in [2.75, 3.05) is 5.32 Å². The van der Waals surface area contributed by atoms with Gasteiger partial charge in [0.05, 0.1) is 0 Å².